The number of ketones is 1. The molecule has 1 saturated carbocycles. The van der Waals surface area contributed by atoms with Gasteiger partial charge in [0.1, 0.15) is 5.60 Å². The first-order valence-corrected chi connectivity index (χ1v) is 9.00. The number of rotatable bonds is 10. The van der Waals surface area contributed by atoms with Gasteiger partial charge in [-0.05, 0) is 33.1 Å². The van der Waals surface area contributed by atoms with Gasteiger partial charge in [0, 0.05) is 19.3 Å². The van der Waals surface area contributed by atoms with Crippen LogP contribution in [0.5, 0.6) is 0 Å². The van der Waals surface area contributed by atoms with E-state index in [-0.39, 0.29) is 25.0 Å². The fraction of sp³-hybridized carbons (Fsp3) is 0.789. The van der Waals surface area contributed by atoms with Gasteiger partial charge >= 0.3 is 17.9 Å². The topological polar surface area (TPSA) is 96.0 Å². The van der Waals surface area contributed by atoms with E-state index in [1.165, 1.54) is 14.0 Å². The molecular weight excluding hydrogens is 340 g/mol. The van der Waals surface area contributed by atoms with Crippen LogP contribution in [0.2, 0.25) is 0 Å². The van der Waals surface area contributed by atoms with Crippen LogP contribution in [0.1, 0.15) is 66.2 Å². The third-order valence-corrected chi connectivity index (χ3v) is 4.02. The van der Waals surface area contributed by atoms with Crippen molar-refractivity contribution in [2.75, 3.05) is 7.11 Å². The fourth-order valence-corrected chi connectivity index (χ4v) is 2.77. The quantitative estimate of drug-likeness (QED) is 0.431. The first kappa shape index (κ1) is 22.1. The maximum atomic E-state index is 12.6. The van der Waals surface area contributed by atoms with E-state index >= 15 is 0 Å². The number of ether oxygens (including phenoxy) is 3. The van der Waals surface area contributed by atoms with E-state index < -0.39 is 35.5 Å². The van der Waals surface area contributed by atoms with Crippen LogP contribution >= 0.6 is 0 Å². The third kappa shape index (κ3) is 8.97. The van der Waals surface area contributed by atoms with Crippen molar-refractivity contribution in [1.29, 1.82) is 0 Å². The summed E-state index contributed by atoms with van der Waals surface area (Å²) >= 11 is 0. The molecule has 0 radical (unpaired) electrons. The summed E-state index contributed by atoms with van der Waals surface area (Å²) in [6.45, 7) is 6.53. The van der Waals surface area contributed by atoms with Crippen molar-refractivity contribution >= 4 is 23.7 Å². The number of carbonyl (C=O) groups is 4. The Bertz CT molecular complexity index is 528. The Labute approximate surface area is 154 Å². The van der Waals surface area contributed by atoms with E-state index in [9.17, 15) is 19.2 Å². The summed E-state index contributed by atoms with van der Waals surface area (Å²) in [6, 6.07) is 0. The Morgan fingerprint density at radius 1 is 1.04 bits per heavy atom. The van der Waals surface area contributed by atoms with E-state index in [0.717, 1.165) is 12.8 Å². The molecule has 2 unspecified atom stereocenters. The van der Waals surface area contributed by atoms with Gasteiger partial charge in [-0.25, -0.2) is 0 Å². The molecule has 1 fully saturated rings. The van der Waals surface area contributed by atoms with Crippen LogP contribution < -0.4 is 0 Å². The molecule has 0 aromatic heterocycles. The number of esters is 3. The van der Waals surface area contributed by atoms with Gasteiger partial charge in [-0.15, -0.1) is 0 Å². The van der Waals surface area contributed by atoms with Gasteiger partial charge in [-0.1, -0.05) is 12.8 Å². The van der Waals surface area contributed by atoms with Gasteiger partial charge < -0.3 is 14.2 Å². The van der Waals surface area contributed by atoms with Gasteiger partial charge in [0.15, 0.2) is 11.9 Å². The maximum Gasteiger partial charge on any atom is 0.306 e. The lowest BCUT2D eigenvalue weighted by Gasteiger charge is -2.27. The number of hydrogen-bond donors (Lipinski definition) is 0. The highest BCUT2D eigenvalue weighted by Gasteiger charge is 2.37. The van der Waals surface area contributed by atoms with Crippen molar-refractivity contribution < 1.29 is 33.4 Å². The second-order valence-corrected chi connectivity index (χ2v) is 7.80. The highest BCUT2D eigenvalue weighted by molar-refractivity contribution is 5.88. The van der Waals surface area contributed by atoms with Crippen molar-refractivity contribution in [3.8, 4) is 0 Å². The van der Waals surface area contributed by atoms with E-state index in [0.29, 0.717) is 12.3 Å². The van der Waals surface area contributed by atoms with Crippen LogP contribution in [-0.4, -0.2) is 42.5 Å². The molecule has 0 saturated heterocycles. The first-order valence-electron chi connectivity index (χ1n) is 9.00. The summed E-state index contributed by atoms with van der Waals surface area (Å²) in [5.74, 6) is -1.93. The zero-order chi connectivity index (χ0) is 19.9. The van der Waals surface area contributed by atoms with Crippen LogP contribution in [0.3, 0.4) is 0 Å². The zero-order valence-corrected chi connectivity index (χ0v) is 16.3. The van der Waals surface area contributed by atoms with Gasteiger partial charge in [0.25, 0.3) is 0 Å². The van der Waals surface area contributed by atoms with E-state index in [1.807, 2.05) is 0 Å². The number of Topliss-reactive ketones (excluding diaryl/α,β-unsaturated/α-hetero) is 1. The monoisotopic (exact) mass is 370 g/mol. The number of hydrogen-bond acceptors (Lipinski definition) is 7. The summed E-state index contributed by atoms with van der Waals surface area (Å²) in [7, 11) is 1.24. The molecule has 0 heterocycles. The average molecular weight is 370 g/mol. The molecule has 0 N–H and O–H groups in total. The van der Waals surface area contributed by atoms with Crippen LogP contribution in [0.25, 0.3) is 0 Å². The van der Waals surface area contributed by atoms with Gasteiger partial charge in [0.05, 0.1) is 20.0 Å². The fourth-order valence-electron chi connectivity index (χ4n) is 2.77. The third-order valence-electron chi connectivity index (χ3n) is 4.02. The number of methoxy groups -OCH3 is 1. The smallest absolute Gasteiger partial charge is 0.306 e. The van der Waals surface area contributed by atoms with E-state index in [1.54, 1.807) is 20.8 Å². The predicted molar refractivity (Wildman–Crippen MR) is 93.1 cm³/mol. The highest BCUT2D eigenvalue weighted by Crippen LogP contribution is 2.38. The summed E-state index contributed by atoms with van der Waals surface area (Å²) in [6.07, 6.45) is 1.44. The molecule has 1 aliphatic rings. The van der Waals surface area contributed by atoms with E-state index in [4.69, 9.17) is 9.47 Å². The molecule has 26 heavy (non-hydrogen) atoms. The Morgan fingerprint density at radius 2 is 1.65 bits per heavy atom. The van der Waals surface area contributed by atoms with Gasteiger partial charge in [-0.2, -0.15) is 0 Å². The second kappa shape index (κ2) is 9.69. The molecule has 0 spiro atoms. The summed E-state index contributed by atoms with van der Waals surface area (Å²) in [5, 5.41) is 0. The molecule has 7 nitrogen and oxygen atoms in total. The lowest BCUT2D eigenvalue weighted by Crippen LogP contribution is -2.37. The minimum atomic E-state index is -1.05. The molecule has 7 heteroatoms. The predicted octanol–water partition coefficient (Wildman–Crippen LogP) is 2.59. The van der Waals surface area contributed by atoms with Crippen molar-refractivity contribution in [2.45, 2.75) is 77.9 Å². The average Bonchev–Trinajstić information content (AvgIpc) is 3.31. The maximum absolute atomic E-state index is 12.6. The molecule has 0 aliphatic heterocycles. The zero-order valence-electron chi connectivity index (χ0n) is 16.3. The second-order valence-electron chi connectivity index (χ2n) is 7.80. The molecule has 2 atom stereocenters. The largest absolute Gasteiger partial charge is 0.469 e. The minimum absolute atomic E-state index is 0.00428. The van der Waals surface area contributed by atoms with Crippen LogP contribution in [-0.2, 0) is 33.4 Å². The molecule has 0 aromatic rings. The highest BCUT2D eigenvalue weighted by atomic mass is 16.6. The summed E-state index contributed by atoms with van der Waals surface area (Å²) in [5.41, 5.74) is -0.632. The lowest BCUT2D eigenvalue weighted by atomic mass is 9.88. The molecule has 148 valence electrons. The molecule has 1 rings (SSSR count). The summed E-state index contributed by atoms with van der Waals surface area (Å²) in [4.78, 5) is 47.6. The Balaban J connectivity index is 2.85. The SMILES string of the molecule is COC(=O)CCC(=O)C(OC(C)=O)C(CC(=O)OC(C)(C)C)CC1CC1. The van der Waals surface area contributed by atoms with Gasteiger partial charge in [0.2, 0.25) is 0 Å². The Hall–Kier alpha value is -1.92. The van der Waals surface area contributed by atoms with Crippen molar-refractivity contribution in [2.24, 2.45) is 11.8 Å². The lowest BCUT2D eigenvalue weighted by molar-refractivity contribution is -0.164. The molecule has 1 aliphatic carbocycles. The van der Waals surface area contributed by atoms with Crippen LogP contribution in [0.15, 0.2) is 0 Å². The van der Waals surface area contributed by atoms with Crippen molar-refractivity contribution in [3.05, 3.63) is 0 Å². The molecule has 0 amide bonds. The number of carbonyl (C=O) groups excluding carboxylic acids is 4. The molecule has 0 aromatic carbocycles. The summed E-state index contributed by atoms with van der Waals surface area (Å²) < 4.78 is 15.2. The van der Waals surface area contributed by atoms with Gasteiger partial charge in [-0.3, -0.25) is 19.2 Å². The Morgan fingerprint density at radius 3 is 2.12 bits per heavy atom. The minimum Gasteiger partial charge on any atom is -0.469 e. The van der Waals surface area contributed by atoms with Crippen LogP contribution in [0.4, 0.5) is 0 Å². The normalized spacial score (nSPS) is 16.3. The Kier molecular flexibility index (Phi) is 8.24. The van der Waals surface area contributed by atoms with Crippen molar-refractivity contribution in [3.63, 3.8) is 0 Å². The molecular formula is C19H30O7. The van der Waals surface area contributed by atoms with Crippen molar-refractivity contribution in [1.82, 2.24) is 0 Å². The standard InChI is InChI=1S/C19H30O7/c1-12(20)25-18(15(21)8-9-16(22)24-5)14(10-13-6-7-13)11-17(23)26-19(2,3)4/h13-14,18H,6-11H2,1-5H3. The van der Waals surface area contributed by atoms with E-state index in [2.05, 4.69) is 4.74 Å². The first-order chi connectivity index (χ1) is 12.0. The molecule has 0 bridgehead atoms. The van der Waals surface area contributed by atoms with Crippen LogP contribution in [0, 0.1) is 11.8 Å².